The van der Waals surface area contributed by atoms with Crippen LogP contribution in [0, 0.1) is 13.8 Å². The van der Waals surface area contributed by atoms with E-state index in [0.717, 1.165) is 5.56 Å². The SMILES string of the molecule is COc1cc(/C=C/C(=O)Nc2ccc(S(=O)(=O)Nc3onc(C)c3C)cc2)cc(Br)c1OC. The molecule has 2 N–H and O–H groups in total. The van der Waals surface area contributed by atoms with Crippen LogP contribution in [0.25, 0.3) is 6.08 Å². The third-order valence-electron chi connectivity index (χ3n) is 4.70. The second-order valence-corrected chi connectivity index (χ2v) is 9.45. The van der Waals surface area contributed by atoms with Crippen molar-refractivity contribution in [2.75, 3.05) is 24.3 Å². The van der Waals surface area contributed by atoms with Gasteiger partial charge in [0.15, 0.2) is 11.5 Å². The fourth-order valence-corrected chi connectivity index (χ4v) is 4.47. The molecule has 0 saturated carbocycles. The van der Waals surface area contributed by atoms with Crippen molar-refractivity contribution in [3.05, 3.63) is 63.8 Å². The fraction of sp³-hybridized carbons (Fsp3) is 0.182. The standard InChI is InChI=1S/C22H22BrN3O6S/c1-13-14(2)25-32-22(13)26-33(28,29)17-8-6-16(7-9-17)24-20(27)10-5-15-11-18(23)21(31-4)19(12-15)30-3/h5-12,26H,1-4H3,(H,24,27)/b10-5+. The van der Waals surface area contributed by atoms with Gasteiger partial charge in [-0.15, -0.1) is 0 Å². The Hall–Kier alpha value is -3.31. The first-order chi connectivity index (χ1) is 15.6. The van der Waals surface area contributed by atoms with E-state index in [1.54, 1.807) is 32.1 Å². The second kappa shape index (κ2) is 10.1. The summed E-state index contributed by atoms with van der Waals surface area (Å²) in [6.45, 7) is 3.42. The molecule has 0 aliphatic carbocycles. The van der Waals surface area contributed by atoms with E-state index in [1.165, 1.54) is 44.6 Å². The molecule has 0 spiro atoms. The van der Waals surface area contributed by atoms with Crippen molar-refractivity contribution >= 4 is 49.5 Å². The van der Waals surface area contributed by atoms with Gasteiger partial charge in [-0.3, -0.25) is 4.79 Å². The third kappa shape index (κ3) is 5.74. The number of nitrogens with one attached hydrogen (secondary N) is 2. The number of aryl methyl sites for hydroxylation is 1. The number of ether oxygens (including phenoxy) is 2. The number of benzene rings is 2. The van der Waals surface area contributed by atoms with E-state index in [9.17, 15) is 13.2 Å². The largest absolute Gasteiger partial charge is 0.493 e. The van der Waals surface area contributed by atoms with Gasteiger partial charge in [0.1, 0.15) is 0 Å². The summed E-state index contributed by atoms with van der Waals surface area (Å²) in [6, 6.07) is 9.27. The van der Waals surface area contributed by atoms with Crippen LogP contribution in [-0.2, 0) is 14.8 Å². The Bertz CT molecular complexity index is 1300. The molecule has 3 rings (SSSR count). The molecule has 0 aliphatic rings. The molecule has 1 aromatic heterocycles. The average Bonchev–Trinajstić information content (AvgIpc) is 3.09. The molecule has 11 heteroatoms. The molecule has 174 valence electrons. The molecular formula is C22H22BrN3O6S. The smallest absolute Gasteiger partial charge is 0.264 e. The third-order valence-corrected chi connectivity index (χ3v) is 6.64. The van der Waals surface area contributed by atoms with Crippen molar-refractivity contribution in [3.8, 4) is 11.5 Å². The lowest BCUT2D eigenvalue weighted by molar-refractivity contribution is -0.111. The lowest BCUT2D eigenvalue weighted by Crippen LogP contribution is -2.13. The number of amides is 1. The van der Waals surface area contributed by atoms with E-state index in [0.29, 0.717) is 32.9 Å². The minimum Gasteiger partial charge on any atom is -0.493 e. The average molecular weight is 536 g/mol. The maximum atomic E-state index is 12.6. The monoisotopic (exact) mass is 535 g/mol. The maximum absolute atomic E-state index is 12.6. The van der Waals surface area contributed by atoms with Crippen LogP contribution in [0.15, 0.2) is 56.4 Å². The van der Waals surface area contributed by atoms with Gasteiger partial charge in [-0.2, -0.15) is 0 Å². The molecule has 0 saturated heterocycles. The molecule has 33 heavy (non-hydrogen) atoms. The summed E-state index contributed by atoms with van der Waals surface area (Å²) in [4.78, 5) is 12.3. The lowest BCUT2D eigenvalue weighted by Gasteiger charge is -2.10. The zero-order valence-electron chi connectivity index (χ0n) is 18.3. The molecule has 0 radical (unpaired) electrons. The quantitative estimate of drug-likeness (QED) is 0.406. The van der Waals surface area contributed by atoms with Gasteiger partial charge in [-0.1, -0.05) is 5.16 Å². The van der Waals surface area contributed by atoms with Crippen LogP contribution in [0.1, 0.15) is 16.8 Å². The Balaban J connectivity index is 1.68. The fourth-order valence-electron chi connectivity index (χ4n) is 2.80. The van der Waals surface area contributed by atoms with Crippen LogP contribution >= 0.6 is 15.9 Å². The Labute approximate surface area is 199 Å². The second-order valence-electron chi connectivity index (χ2n) is 6.91. The van der Waals surface area contributed by atoms with Crippen LogP contribution in [-0.4, -0.2) is 33.7 Å². The first-order valence-corrected chi connectivity index (χ1v) is 11.9. The summed E-state index contributed by atoms with van der Waals surface area (Å²) in [5, 5.41) is 6.41. The number of sulfonamides is 1. The van der Waals surface area contributed by atoms with E-state index in [4.69, 9.17) is 14.0 Å². The molecule has 0 atom stereocenters. The Kier molecular flexibility index (Phi) is 7.44. The number of methoxy groups -OCH3 is 2. The first kappa shape index (κ1) is 24.3. The minimum absolute atomic E-state index is 0.0136. The van der Waals surface area contributed by atoms with Gasteiger partial charge in [0.25, 0.3) is 10.0 Å². The van der Waals surface area contributed by atoms with Crippen LogP contribution in [0.2, 0.25) is 0 Å². The van der Waals surface area contributed by atoms with Gasteiger partial charge in [0.05, 0.1) is 29.3 Å². The van der Waals surface area contributed by atoms with Crippen molar-refractivity contribution in [1.29, 1.82) is 0 Å². The highest BCUT2D eigenvalue weighted by molar-refractivity contribution is 9.10. The highest BCUT2D eigenvalue weighted by atomic mass is 79.9. The predicted octanol–water partition coefficient (Wildman–Crippen LogP) is 4.52. The van der Waals surface area contributed by atoms with E-state index >= 15 is 0 Å². The first-order valence-electron chi connectivity index (χ1n) is 9.61. The van der Waals surface area contributed by atoms with Crippen LogP contribution < -0.4 is 19.5 Å². The number of halogens is 1. The highest BCUT2D eigenvalue weighted by Gasteiger charge is 2.19. The summed E-state index contributed by atoms with van der Waals surface area (Å²) in [6.07, 6.45) is 2.97. The Morgan fingerprint density at radius 1 is 1.12 bits per heavy atom. The number of rotatable bonds is 8. The summed E-state index contributed by atoms with van der Waals surface area (Å²) in [7, 11) is -0.806. The zero-order valence-corrected chi connectivity index (χ0v) is 20.7. The van der Waals surface area contributed by atoms with Crippen molar-refractivity contribution in [1.82, 2.24) is 5.16 Å². The van der Waals surface area contributed by atoms with E-state index < -0.39 is 10.0 Å². The Morgan fingerprint density at radius 3 is 2.39 bits per heavy atom. The van der Waals surface area contributed by atoms with Gasteiger partial charge in [-0.25, -0.2) is 13.1 Å². The van der Waals surface area contributed by atoms with Crippen LogP contribution in [0.4, 0.5) is 11.6 Å². The number of carbonyl (C=O) groups is 1. The number of hydrogen-bond donors (Lipinski definition) is 2. The lowest BCUT2D eigenvalue weighted by atomic mass is 10.2. The molecule has 1 heterocycles. The van der Waals surface area contributed by atoms with Crippen LogP contribution in [0.3, 0.4) is 0 Å². The van der Waals surface area contributed by atoms with Gasteiger partial charge < -0.3 is 19.3 Å². The number of carbonyl (C=O) groups excluding carboxylic acids is 1. The molecule has 9 nitrogen and oxygen atoms in total. The topological polar surface area (TPSA) is 120 Å². The molecule has 3 aromatic rings. The maximum Gasteiger partial charge on any atom is 0.264 e. The van der Waals surface area contributed by atoms with Crippen molar-refractivity contribution < 1.29 is 27.2 Å². The molecule has 0 bridgehead atoms. The normalized spacial score (nSPS) is 11.4. The number of aromatic nitrogens is 1. The van der Waals surface area contributed by atoms with Gasteiger partial charge >= 0.3 is 0 Å². The molecule has 0 aliphatic heterocycles. The van der Waals surface area contributed by atoms with Crippen molar-refractivity contribution in [2.45, 2.75) is 18.7 Å². The molecule has 1 amide bonds. The van der Waals surface area contributed by atoms with Crippen molar-refractivity contribution in [2.24, 2.45) is 0 Å². The van der Waals surface area contributed by atoms with E-state index in [-0.39, 0.29) is 16.7 Å². The minimum atomic E-state index is -3.87. The summed E-state index contributed by atoms with van der Waals surface area (Å²) in [5.74, 6) is 0.754. The molecule has 0 unspecified atom stereocenters. The van der Waals surface area contributed by atoms with Gasteiger partial charge in [0.2, 0.25) is 11.8 Å². The van der Waals surface area contributed by atoms with E-state index in [2.05, 4.69) is 31.1 Å². The van der Waals surface area contributed by atoms with Gasteiger partial charge in [0, 0.05) is 17.3 Å². The predicted molar refractivity (Wildman–Crippen MR) is 128 cm³/mol. The number of nitrogens with zero attached hydrogens (tertiary/aromatic N) is 1. The summed E-state index contributed by atoms with van der Waals surface area (Å²) in [5.41, 5.74) is 2.36. The zero-order chi connectivity index (χ0) is 24.2. The van der Waals surface area contributed by atoms with Crippen molar-refractivity contribution in [3.63, 3.8) is 0 Å². The number of anilines is 2. The van der Waals surface area contributed by atoms with Gasteiger partial charge in [-0.05, 0) is 77.8 Å². The summed E-state index contributed by atoms with van der Waals surface area (Å²) < 4.78 is 43.7. The molecule has 0 fully saturated rings. The number of hydrogen-bond acceptors (Lipinski definition) is 7. The highest BCUT2D eigenvalue weighted by Crippen LogP contribution is 2.36. The Morgan fingerprint density at radius 2 is 1.82 bits per heavy atom. The van der Waals surface area contributed by atoms with E-state index in [1.807, 2.05) is 0 Å². The van der Waals surface area contributed by atoms with Crippen LogP contribution in [0.5, 0.6) is 11.5 Å². The molecular weight excluding hydrogens is 514 g/mol. The summed E-state index contributed by atoms with van der Waals surface area (Å²) >= 11 is 3.41. The molecule has 2 aromatic carbocycles.